The van der Waals surface area contributed by atoms with Gasteiger partial charge in [0.25, 0.3) is 0 Å². The molecule has 2 aromatic rings. The number of hydrogen-bond acceptors (Lipinski definition) is 3. The molecule has 1 aromatic heterocycles. The molecule has 0 radical (unpaired) electrons. The van der Waals surface area contributed by atoms with Crippen molar-refractivity contribution < 1.29 is 4.92 Å². The Morgan fingerprint density at radius 2 is 2.16 bits per heavy atom. The summed E-state index contributed by atoms with van der Waals surface area (Å²) in [4.78, 5) is 10.6. The Kier molecular flexibility index (Phi) is 3.85. The summed E-state index contributed by atoms with van der Waals surface area (Å²) in [5.74, 6) is 0. The van der Waals surface area contributed by atoms with Gasteiger partial charge in [0.1, 0.15) is 6.04 Å². The average molecular weight is 280 g/mol. The SMILES string of the molecule is Cc1cc(C)n([C@@H](C[N+](=O)[O-])c2cccc(Cl)c2)n1. The van der Waals surface area contributed by atoms with Crippen molar-refractivity contribution in [2.75, 3.05) is 6.54 Å². The maximum Gasteiger partial charge on any atom is 0.230 e. The molecule has 0 aliphatic rings. The fourth-order valence-electron chi connectivity index (χ4n) is 2.14. The maximum absolute atomic E-state index is 10.9. The van der Waals surface area contributed by atoms with Crippen LogP contribution in [0.4, 0.5) is 0 Å². The molecule has 0 spiro atoms. The second-order valence-electron chi connectivity index (χ2n) is 4.46. The molecule has 0 bridgehead atoms. The van der Waals surface area contributed by atoms with E-state index in [0.717, 1.165) is 17.0 Å². The summed E-state index contributed by atoms with van der Waals surface area (Å²) in [6.45, 7) is 3.53. The van der Waals surface area contributed by atoms with E-state index in [0.29, 0.717) is 5.02 Å². The first-order chi connectivity index (χ1) is 8.97. The Hall–Kier alpha value is -1.88. The smallest absolute Gasteiger partial charge is 0.230 e. The number of nitro groups is 1. The number of rotatable bonds is 4. The predicted octanol–water partition coefficient (Wildman–Crippen LogP) is 3.02. The summed E-state index contributed by atoms with van der Waals surface area (Å²) >= 11 is 5.96. The van der Waals surface area contributed by atoms with Gasteiger partial charge in [0.15, 0.2) is 0 Å². The fraction of sp³-hybridized carbons (Fsp3) is 0.308. The largest absolute Gasteiger partial charge is 0.264 e. The quantitative estimate of drug-likeness (QED) is 0.638. The second-order valence-corrected chi connectivity index (χ2v) is 4.89. The number of benzene rings is 1. The average Bonchev–Trinajstić information content (AvgIpc) is 2.65. The number of hydrogen-bond donors (Lipinski definition) is 0. The lowest BCUT2D eigenvalue weighted by molar-refractivity contribution is -0.484. The van der Waals surface area contributed by atoms with Crippen molar-refractivity contribution in [1.82, 2.24) is 9.78 Å². The number of aromatic nitrogens is 2. The Morgan fingerprint density at radius 1 is 1.42 bits per heavy atom. The van der Waals surface area contributed by atoms with E-state index in [1.165, 1.54) is 0 Å². The minimum absolute atomic E-state index is 0.220. The van der Waals surface area contributed by atoms with Gasteiger partial charge in [-0.15, -0.1) is 0 Å². The van der Waals surface area contributed by atoms with Gasteiger partial charge in [-0.2, -0.15) is 5.10 Å². The first-order valence-corrected chi connectivity index (χ1v) is 6.25. The number of halogens is 1. The van der Waals surface area contributed by atoms with Crippen LogP contribution in [0.2, 0.25) is 5.02 Å². The van der Waals surface area contributed by atoms with Crippen molar-refractivity contribution in [2.45, 2.75) is 19.9 Å². The molecule has 1 heterocycles. The predicted molar refractivity (Wildman–Crippen MR) is 73.2 cm³/mol. The lowest BCUT2D eigenvalue weighted by Crippen LogP contribution is -2.22. The van der Waals surface area contributed by atoms with E-state index < -0.39 is 6.04 Å². The lowest BCUT2D eigenvalue weighted by atomic mass is 10.1. The van der Waals surface area contributed by atoms with Crippen LogP contribution in [-0.4, -0.2) is 21.2 Å². The zero-order valence-electron chi connectivity index (χ0n) is 10.7. The van der Waals surface area contributed by atoms with Crippen LogP contribution in [0.1, 0.15) is 23.0 Å². The molecule has 1 aromatic carbocycles. The summed E-state index contributed by atoms with van der Waals surface area (Å²) in [7, 11) is 0. The van der Waals surface area contributed by atoms with Gasteiger partial charge in [-0.25, -0.2) is 0 Å². The van der Waals surface area contributed by atoms with Gasteiger partial charge < -0.3 is 0 Å². The molecule has 100 valence electrons. The Morgan fingerprint density at radius 3 is 2.68 bits per heavy atom. The molecule has 0 saturated heterocycles. The minimum atomic E-state index is -0.442. The molecule has 0 aliphatic carbocycles. The molecule has 0 aliphatic heterocycles. The van der Waals surface area contributed by atoms with Crippen LogP contribution < -0.4 is 0 Å². The zero-order chi connectivity index (χ0) is 14.0. The maximum atomic E-state index is 10.9. The van der Waals surface area contributed by atoms with E-state index in [1.54, 1.807) is 22.9 Å². The molecule has 0 fully saturated rings. The van der Waals surface area contributed by atoms with Gasteiger partial charge >= 0.3 is 0 Å². The minimum Gasteiger partial charge on any atom is -0.264 e. The topological polar surface area (TPSA) is 61.0 Å². The van der Waals surface area contributed by atoms with E-state index >= 15 is 0 Å². The molecule has 5 nitrogen and oxygen atoms in total. The van der Waals surface area contributed by atoms with Crippen molar-refractivity contribution in [3.8, 4) is 0 Å². The van der Waals surface area contributed by atoms with Crippen molar-refractivity contribution in [3.63, 3.8) is 0 Å². The molecule has 19 heavy (non-hydrogen) atoms. The standard InChI is InChI=1S/C13H14ClN3O2/c1-9-6-10(2)17(15-9)13(8-16(18)19)11-4-3-5-12(14)7-11/h3-7,13H,8H2,1-2H3/t13-/m0/s1. The molecule has 1 atom stereocenters. The van der Waals surface area contributed by atoms with Gasteiger partial charge in [0.05, 0.1) is 5.69 Å². The van der Waals surface area contributed by atoms with Crippen molar-refractivity contribution in [1.29, 1.82) is 0 Å². The highest BCUT2D eigenvalue weighted by Crippen LogP contribution is 2.23. The van der Waals surface area contributed by atoms with E-state index in [1.807, 2.05) is 26.0 Å². The van der Waals surface area contributed by atoms with E-state index in [4.69, 9.17) is 11.6 Å². The van der Waals surface area contributed by atoms with Crippen LogP contribution in [-0.2, 0) is 0 Å². The summed E-state index contributed by atoms with van der Waals surface area (Å²) in [5, 5.41) is 15.8. The highest BCUT2D eigenvalue weighted by atomic mass is 35.5. The van der Waals surface area contributed by atoms with Crippen LogP contribution in [0.25, 0.3) is 0 Å². The fourth-order valence-corrected chi connectivity index (χ4v) is 2.34. The third-order valence-electron chi connectivity index (χ3n) is 2.90. The third kappa shape index (κ3) is 3.12. The zero-order valence-corrected chi connectivity index (χ0v) is 11.5. The highest BCUT2D eigenvalue weighted by molar-refractivity contribution is 6.30. The van der Waals surface area contributed by atoms with Gasteiger partial charge in [-0.3, -0.25) is 14.8 Å². The molecule has 6 heteroatoms. The van der Waals surface area contributed by atoms with E-state index in [9.17, 15) is 10.1 Å². The van der Waals surface area contributed by atoms with Crippen LogP contribution in [0.15, 0.2) is 30.3 Å². The third-order valence-corrected chi connectivity index (χ3v) is 3.13. The lowest BCUT2D eigenvalue weighted by Gasteiger charge is -2.16. The van der Waals surface area contributed by atoms with Crippen molar-refractivity contribution >= 4 is 11.6 Å². The van der Waals surface area contributed by atoms with Crippen LogP contribution in [0.5, 0.6) is 0 Å². The molecule has 2 rings (SSSR count). The normalized spacial score (nSPS) is 12.4. The van der Waals surface area contributed by atoms with Gasteiger partial charge in [-0.05, 0) is 37.6 Å². The summed E-state index contributed by atoms with van der Waals surface area (Å²) in [6, 6.07) is 8.56. The summed E-state index contributed by atoms with van der Waals surface area (Å²) in [6.07, 6.45) is 0. The van der Waals surface area contributed by atoms with Crippen LogP contribution in [0.3, 0.4) is 0 Å². The highest BCUT2D eigenvalue weighted by Gasteiger charge is 2.22. The first-order valence-electron chi connectivity index (χ1n) is 5.87. The number of aryl methyl sites for hydroxylation is 2. The molecule has 0 saturated carbocycles. The number of nitrogens with zero attached hydrogens (tertiary/aromatic N) is 3. The monoisotopic (exact) mass is 279 g/mol. The van der Waals surface area contributed by atoms with Crippen molar-refractivity contribution in [2.24, 2.45) is 0 Å². The summed E-state index contributed by atoms with van der Waals surface area (Å²) < 4.78 is 1.68. The Bertz CT molecular complexity index is 610. The van der Waals surface area contributed by atoms with Crippen LogP contribution >= 0.6 is 11.6 Å². The van der Waals surface area contributed by atoms with Crippen molar-refractivity contribution in [3.05, 3.63) is 62.4 Å². The second kappa shape index (κ2) is 5.40. The van der Waals surface area contributed by atoms with Gasteiger partial charge in [0.2, 0.25) is 6.54 Å². The van der Waals surface area contributed by atoms with E-state index in [-0.39, 0.29) is 11.5 Å². The molecule has 0 N–H and O–H groups in total. The Balaban J connectivity index is 2.47. The van der Waals surface area contributed by atoms with Gasteiger partial charge in [-0.1, -0.05) is 23.7 Å². The molecule has 0 amide bonds. The molecular formula is C13H14ClN3O2. The van der Waals surface area contributed by atoms with Crippen LogP contribution in [0, 0.1) is 24.0 Å². The molecular weight excluding hydrogens is 266 g/mol. The van der Waals surface area contributed by atoms with E-state index in [2.05, 4.69) is 5.10 Å². The van der Waals surface area contributed by atoms with Gasteiger partial charge in [0, 0.05) is 15.6 Å². The Labute approximate surface area is 116 Å². The molecule has 0 unspecified atom stereocenters. The first kappa shape index (κ1) is 13.5. The summed E-state index contributed by atoms with van der Waals surface area (Å²) in [5.41, 5.74) is 2.52.